The molecule has 1 amide bonds. The summed E-state index contributed by atoms with van der Waals surface area (Å²) < 4.78 is 10.8. The molecule has 1 aliphatic heterocycles. The first-order chi connectivity index (χ1) is 12.9. The van der Waals surface area contributed by atoms with E-state index in [1.807, 2.05) is 13.8 Å². The first-order valence-corrected chi connectivity index (χ1v) is 10.4. The van der Waals surface area contributed by atoms with Crippen LogP contribution in [0, 0.1) is 0 Å². The first kappa shape index (κ1) is 21.8. The highest BCUT2D eigenvalue weighted by Gasteiger charge is 2.31. The van der Waals surface area contributed by atoms with Crippen molar-refractivity contribution in [2.45, 2.75) is 20.8 Å². The molecule has 1 aromatic rings. The van der Waals surface area contributed by atoms with E-state index < -0.39 is 5.97 Å². The largest absolute Gasteiger partial charge is 0.479 e. The van der Waals surface area contributed by atoms with Crippen molar-refractivity contribution in [3.63, 3.8) is 0 Å². The molecular weight excluding hydrogens is 456 g/mol. The van der Waals surface area contributed by atoms with Crippen LogP contribution in [0.4, 0.5) is 0 Å². The molecule has 2 rings (SSSR count). The zero-order valence-electron chi connectivity index (χ0n) is 15.3. The first-order valence-electron chi connectivity index (χ1n) is 8.44. The van der Waals surface area contributed by atoms with Gasteiger partial charge in [0, 0.05) is 13.1 Å². The molecule has 0 aromatic heterocycles. The third-order valence-electron chi connectivity index (χ3n) is 3.46. The van der Waals surface area contributed by atoms with E-state index in [1.165, 1.54) is 11.8 Å². The Kier molecular flexibility index (Phi) is 8.19. The number of amidine groups is 1. The highest BCUT2D eigenvalue weighted by atomic mass is 79.9. The molecule has 0 saturated carbocycles. The standard InChI is InChI=1S/C18H20BrClN2O4S/c1-4-21-18-22(5-2)17(24)14(27-18)9-11-7-12(19)16(13(20)8-11)26-10-15(23)25-6-3/h7-9H,4-6,10H2,1-3H3/b14-9+,21-18?. The minimum Gasteiger partial charge on any atom is -0.479 e. The number of carbonyl (C=O) groups is 2. The molecule has 9 heteroatoms. The number of rotatable bonds is 7. The molecule has 27 heavy (non-hydrogen) atoms. The molecule has 1 aliphatic rings. The van der Waals surface area contributed by atoms with Gasteiger partial charge in [0.25, 0.3) is 5.91 Å². The van der Waals surface area contributed by atoms with E-state index in [-0.39, 0.29) is 19.1 Å². The van der Waals surface area contributed by atoms with Gasteiger partial charge in [0.05, 0.1) is 21.0 Å². The topological polar surface area (TPSA) is 68.2 Å². The van der Waals surface area contributed by atoms with Crippen LogP contribution >= 0.6 is 39.3 Å². The average Bonchev–Trinajstić information content (AvgIpc) is 2.89. The van der Waals surface area contributed by atoms with Gasteiger partial charge in [-0.15, -0.1) is 0 Å². The highest BCUT2D eigenvalue weighted by molar-refractivity contribution is 9.10. The second kappa shape index (κ2) is 10.1. The molecule has 1 saturated heterocycles. The fraction of sp³-hybridized carbons (Fsp3) is 0.389. The van der Waals surface area contributed by atoms with Crippen molar-refractivity contribution in [2.75, 3.05) is 26.3 Å². The molecule has 0 unspecified atom stereocenters. The lowest BCUT2D eigenvalue weighted by Gasteiger charge is -2.11. The van der Waals surface area contributed by atoms with E-state index >= 15 is 0 Å². The average molecular weight is 476 g/mol. The van der Waals surface area contributed by atoms with Crippen molar-refractivity contribution in [1.29, 1.82) is 0 Å². The van der Waals surface area contributed by atoms with Gasteiger partial charge in [-0.3, -0.25) is 14.7 Å². The van der Waals surface area contributed by atoms with Gasteiger partial charge in [-0.05, 0) is 72.2 Å². The number of benzene rings is 1. The van der Waals surface area contributed by atoms with Crippen LogP contribution in [0.3, 0.4) is 0 Å². The van der Waals surface area contributed by atoms with Crippen molar-refractivity contribution < 1.29 is 19.1 Å². The third-order valence-corrected chi connectivity index (χ3v) is 5.37. The van der Waals surface area contributed by atoms with Gasteiger partial charge in [-0.1, -0.05) is 11.6 Å². The van der Waals surface area contributed by atoms with Gasteiger partial charge in [0.1, 0.15) is 0 Å². The van der Waals surface area contributed by atoms with E-state index in [9.17, 15) is 9.59 Å². The van der Waals surface area contributed by atoms with Gasteiger partial charge < -0.3 is 9.47 Å². The number of hydrogen-bond donors (Lipinski definition) is 0. The van der Waals surface area contributed by atoms with E-state index in [4.69, 9.17) is 21.1 Å². The summed E-state index contributed by atoms with van der Waals surface area (Å²) in [6.07, 6.45) is 1.76. The number of likely N-dealkylation sites (N-methyl/N-ethyl adjacent to an activating group) is 1. The summed E-state index contributed by atoms with van der Waals surface area (Å²) >= 11 is 11.0. The van der Waals surface area contributed by atoms with Crippen LogP contribution in [-0.4, -0.2) is 48.2 Å². The number of ether oxygens (including phenoxy) is 2. The molecular formula is C18H20BrClN2O4S. The summed E-state index contributed by atoms with van der Waals surface area (Å²) in [5.41, 5.74) is 0.736. The Morgan fingerprint density at radius 2 is 2.11 bits per heavy atom. The van der Waals surface area contributed by atoms with E-state index in [0.717, 1.165) is 5.56 Å². The van der Waals surface area contributed by atoms with Crippen molar-refractivity contribution in [3.05, 3.63) is 32.1 Å². The van der Waals surface area contributed by atoms with E-state index in [2.05, 4.69) is 20.9 Å². The van der Waals surface area contributed by atoms with Gasteiger partial charge in [0.15, 0.2) is 17.5 Å². The number of amides is 1. The second-order valence-corrected chi connectivity index (χ2v) is 7.59. The predicted molar refractivity (Wildman–Crippen MR) is 112 cm³/mol. The summed E-state index contributed by atoms with van der Waals surface area (Å²) in [7, 11) is 0. The van der Waals surface area contributed by atoms with Crippen LogP contribution < -0.4 is 4.74 Å². The Morgan fingerprint density at radius 3 is 2.70 bits per heavy atom. The second-order valence-electron chi connectivity index (χ2n) is 5.32. The van der Waals surface area contributed by atoms with Crippen LogP contribution in [-0.2, 0) is 14.3 Å². The maximum absolute atomic E-state index is 12.5. The zero-order chi connectivity index (χ0) is 20.0. The number of halogens is 2. The SMILES string of the molecule is CCN=C1S/C(=C/c2cc(Cl)c(OCC(=O)OCC)c(Br)c2)C(=O)N1CC. The number of hydrogen-bond acceptors (Lipinski definition) is 6. The van der Waals surface area contributed by atoms with Crippen LogP contribution in [0.25, 0.3) is 6.08 Å². The quantitative estimate of drug-likeness (QED) is 0.433. The van der Waals surface area contributed by atoms with Crippen molar-refractivity contribution in [2.24, 2.45) is 4.99 Å². The molecule has 0 radical (unpaired) electrons. The summed E-state index contributed by atoms with van der Waals surface area (Å²) in [5.74, 6) is -0.202. The minimum atomic E-state index is -0.470. The molecule has 0 spiro atoms. The third kappa shape index (κ3) is 5.49. The summed E-state index contributed by atoms with van der Waals surface area (Å²) in [5, 5.41) is 1.03. The summed E-state index contributed by atoms with van der Waals surface area (Å²) in [6.45, 7) is 6.80. The summed E-state index contributed by atoms with van der Waals surface area (Å²) in [4.78, 5) is 30.6. The maximum Gasteiger partial charge on any atom is 0.344 e. The Labute approximate surface area is 176 Å². The lowest BCUT2D eigenvalue weighted by atomic mass is 10.2. The van der Waals surface area contributed by atoms with Crippen molar-refractivity contribution in [1.82, 2.24) is 4.90 Å². The fourth-order valence-electron chi connectivity index (χ4n) is 2.33. The molecule has 1 heterocycles. The Balaban J connectivity index is 2.23. The van der Waals surface area contributed by atoms with Gasteiger partial charge >= 0.3 is 5.97 Å². The van der Waals surface area contributed by atoms with Gasteiger partial charge in [-0.25, -0.2) is 4.79 Å². The van der Waals surface area contributed by atoms with Crippen LogP contribution in [0.15, 0.2) is 26.5 Å². The predicted octanol–water partition coefficient (Wildman–Crippen LogP) is 4.36. The molecule has 0 atom stereocenters. The van der Waals surface area contributed by atoms with Gasteiger partial charge in [0.2, 0.25) is 0 Å². The van der Waals surface area contributed by atoms with E-state index in [1.54, 1.807) is 30.0 Å². The van der Waals surface area contributed by atoms with Crippen molar-refractivity contribution in [3.8, 4) is 5.75 Å². The Bertz CT molecular complexity index is 775. The number of thioether (sulfide) groups is 1. The Morgan fingerprint density at radius 1 is 1.37 bits per heavy atom. The molecule has 0 N–H and O–H groups in total. The fourth-order valence-corrected chi connectivity index (χ4v) is 4.42. The van der Waals surface area contributed by atoms with Crippen LogP contribution in [0.1, 0.15) is 26.3 Å². The van der Waals surface area contributed by atoms with E-state index in [0.29, 0.717) is 38.4 Å². The number of carbonyl (C=O) groups excluding carboxylic acids is 2. The molecule has 1 aromatic carbocycles. The zero-order valence-corrected chi connectivity index (χ0v) is 18.4. The van der Waals surface area contributed by atoms with Crippen LogP contribution in [0.5, 0.6) is 5.75 Å². The molecule has 6 nitrogen and oxygen atoms in total. The Hall–Kier alpha value is -1.51. The van der Waals surface area contributed by atoms with Crippen molar-refractivity contribution >= 4 is 62.4 Å². The smallest absolute Gasteiger partial charge is 0.344 e. The lowest BCUT2D eigenvalue weighted by molar-refractivity contribution is -0.145. The molecule has 0 aliphatic carbocycles. The highest BCUT2D eigenvalue weighted by Crippen LogP contribution is 2.37. The maximum atomic E-state index is 12.5. The van der Waals surface area contributed by atoms with Gasteiger partial charge in [-0.2, -0.15) is 0 Å². The summed E-state index contributed by atoms with van der Waals surface area (Å²) in [6, 6.07) is 3.46. The molecule has 146 valence electrons. The minimum absolute atomic E-state index is 0.0791. The van der Waals surface area contributed by atoms with Crippen LogP contribution in [0.2, 0.25) is 5.02 Å². The monoisotopic (exact) mass is 474 g/mol. The lowest BCUT2D eigenvalue weighted by Crippen LogP contribution is -2.28. The number of aliphatic imine (C=N–C) groups is 1. The molecule has 1 fully saturated rings. The molecule has 0 bridgehead atoms. The normalized spacial score (nSPS) is 17.1. The number of esters is 1. The number of nitrogens with zero attached hydrogens (tertiary/aromatic N) is 2.